The summed E-state index contributed by atoms with van der Waals surface area (Å²) in [5.41, 5.74) is 0.0105. The predicted octanol–water partition coefficient (Wildman–Crippen LogP) is 2.99. The Balaban J connectivity index is 1.90. The van der Waals surface area contributed by atoms with Gasteiger partial charge < -0.3 is 15.0 Å². The lowest BCUT2D eigenvalue weighted by Gasteiger charge is -2.09. The molecule has 0 unspecified atom stereocenters. The number of nitrogens with zero attached hydrogens (tertiary/aromatic N) is 3. The van der Waals surface area contributed by atoms with Crippen molar-refractivity contribution in [3.8, 4) is 5.88 Å². The molecule has 6 nitrogen and oxygen atoms in total. The first-order valence-electron chi connectivity index (χ1n) is 6.61. The number of rotatable bonds is 4. The molecule has 2 N–H and O–H groups in total. The summed E-state index contributed by atoms with van der Waals surface area (Å²) in [5, 5.41) is 3.25. The first kappa shape index (κ1) is 15.1. The van der Waals surface area contributed by atoms with E-state index >= 15 is 0 Å². The zero-order valence-electron chi connectivity index (χ0n) is 12.0. The van der Waals surface area contributed by atoms with Crippen LogP contribution < -0.4 is 10.1 Å². The van der Waals surface area contributed by atoms with Crippen LogP contribution in [0.2, 0.25) is 0 Å². The van der Waals surface area contributed by atoms with Crippen LogP contribution >= 0.6 is 0 Å². The largest absolute Gasteiger partial charge is 0.481 e. The molecule has 0 saturated heterocycles. The zero-order valence-corrected chi connectivity index (χ0v) is 12.0. The van der Waals surface area contributed by atoms with E-state index in [4.69, 9.17) is 4.74 Å². The van der Waals surface area contributed by atoms with Gasteiger partial charge in [-0.15, -0.1) is 0 Å². The van der Waals surface area contributed by atoms with Crippen LogP contribution in [0.15, 0.2) is 30.7 Å². The summed E-state index contributed by atoms with van der Waals surface area (Å²) in [7, 11) is 1.50. The molecule has 0 spiro atoms. The molecule has 0 amide bonds. The molecular weight excluding hydrogens is 311 g/mol. The third-order valence-corrected chi connectivity index (χ3v) is 3.22. The van der Waals surface area contributed by atoms with Crippen LogP contribution in [0.25, 0.3) is 11.0 Å². The lowest BCUT2D eigenvalue weighted by atomic mass is 10.2. The third kappa shape index (κ3) is 3.03. The molecule has 0 fully saturated rings. The summed E-state index contributed by atoms with van der Waals surface area (Å²) in [6, 6.07) is 4.53. The van der Waals surface area contributed by atoms with Crippen molar-refractivity contribution in [2.75, 3.05) is 12.4 Å². The summed E-state index contributed by atoms with van der Waals surface area (Å²) in [5.74, 6) is 0.739. The van der Waals surface area contributed by atoms with Gasteiger partial charge in [-0.05, 0) is 12.1 Å². The van der Waals surface area contributed by atoms with Crippen LogP contribution in [0, 0.1) is 0 Å². The molecule has 0 aliphatic heterocycles. The molecule has 0 atom stereocenters. The van der Waals surface area contributed by atoms with E-state index in [-0.39, 0.29) is 11.0 Å². The Morgan fingerprint density at radius 1 is 1.26 bits per heavy atom. The summed E-state index contributed by atoms with van der Waals surface area (Å²) < 4.78 is 43.5. The standard InChI is InChI=1S/C14H12F3N5O/c1-23-13-8(3-2-4-18-13)6-19-11-9-5-10(14(15,16)17)22-12(9)21-7-20-11/h2-5,7H,6H2,1H3,(H2,19,20,21,22). The minimum absolute atomic E-state index is 0.118. The molecule has 23 heavy (non-hydrogen) atoms. The van der Waals surface area contributed by atoms with Gasteiger partial charge >= 0.3 is 6.18 Å². The van der Waals surface area contributed by atoms with Gasteiger partial charge in [-0.2, -0.15) is 13.2 Å². The maximum Gasteiger partial charge on any atom is 0.431 e. The third-order valence-electron chi connectivity index (χ3n) is 3.22. The van der Waals surface area contributed by atoms with Gasteiger partial charge in [0.2, 0.25) is 5.88 Å². The van der Waals surface area contributed by atoms with Crippen LogP contribution in [0.4, 0.5) is 19.0 Å². The number of pyridine rings is 1. The molecule has 0 bridgehead atoms. The Bertz CT molecular complexity index is 831. The van der Waals surface area contributed by atoms with Crippen molar-refractivity contribution in [3.63, 3.8) is 0 Å². The molecular formula is C14H12F3N5O. The number of aromatic amines is 1. The van der Waals surface area contributed by atoms with E-state index in [0.717, 1.165) is 11.6 Å². The van der Waals surface area contributed by atoms with Gasteiger partial charge in [-0.25, -0.2) is 15.0 Å². The average molecular weight is 323 g/mol. The Morgan fingerprint density at radius 3 is 2.83 bits per heavy atom. The Morgan fingerprint density at radius 2 is 2.09 bits per heavy atom. The second-order valence-electron chi connectivity index (χ2n) is 4.69. The molecule has 0 aliphatic carbocycles. The molecule has 3 aromatic heterocycles. The molecule has 0 saturated carbocycles. The first-order chi connectivity index (χ1) is 11.0. The van der Waals surface area contributed by atoms with Gasteiger partial charge in [0, 0.05) is 18.3 Å². The first-order valence-corrected chi connectivity index (χ1v) is 6.61. The van der Waals surface area contributed by atoms with E-state index in [1.54, 1.807) is 18.3 Å². The molecule has 3 rings (SSSR count). The molecule has 0 radical (unpaired) electrons. The van der Waals surface area contributed by atoms with Gasteiger partial charge in [-0.1, -0.05) is 6.07 Å². The normalized spacial score (nSPS) is 11.7. The lowest BCUT2D eigenvalue weighted by Crippen LogP contribution is -2.04. The number of hydrogen-bond donors (Lipinski definition) is 2. The molecule has 0 aromatic carbocycles. The Kier molecular flexibility index (Phi) is 3.77. The van der Waals surface area contributed by atoms with Crippen LogP contribution in [0.1, 0.15) is 11.3 Å². The topological polar surface area (TPSA) is 75.7 Å². The van der Waals surface area contributed by atoms with Gasteiger partial charge in [0.05, 0.1) is 12.5 Å². The maximum absolute atomic E-state index is 12.8. The minimum atomic E-state index is -4.47. The highest BCUT2D eigenvalue weighted by Gasteiger charge is 2.33. The van der Waals surface area contributed by atoms with Crippen molar-refractivity contribution >= 4 is 16.9 Å². The van der Waals surface area contributed by atoms with E-state index < -0.39 is 11.9 Å². The van der Waals surface area contributed by atoms with E-state index in [1.807, 2.05) is 0 Å². The van der Waals surface area contributed by atoms with Crippen LogP contribution in [0.3, 0.4) is 0 Å². The SMILES string of the molecule is COc1ncccc1CNc1ncnc2[nH]c(C(F)(F)F)cc12. The number of ether oxygens (including phenoxy) is 1. The Hall–Kier alpha value is -2.84. The summed E-state index contributed by atoms with van der Waals surface area (Å²) in [6.45, 7) is 0.301. The lowest BCUT2D eigenvalue weighted by molar-refractivity contribution is -0.140. The van der Waals surface area contributed by atoms with E-state index in [2.05, 4.69) is 25.3 Å². The smallest absolute Gasteiger partial charge is 0.431 e. The highest BCUT2D eigenvalue weighted by Crippen LogP contribution is 2.32. The van der Waals surface area contributed by atoms with E-state index in [9.17, 15) is 13.2 Å². The molecule has 120 valence electrons. The van der Waals surface area contributed by atoms with Crippen molar-refractivity contribution in [2.24, 2.45) is 0 Å². The number of anilines is 1. The second-order valence-corrected chi connectivity index (χ2v) is 4.69. The quantitative estimate of drug-likeness (QED) is 0.772. The highest BCUT2D eigenvalue weighted by molar-refractivity contribution is 5.87. The highest BCUT2D eigenvalue weighted by atomic mass is 19.4. The number of alkyl halides is 3. The van der Waals surface area contributed by atoms with Gasteiger partial charge in [0.25, 0.3) is 0 Å². The molecule has 3 heterocycles. The molecule has 3 aromatic rings. The van der Waals surface area contributed by atoms with Crippen molar-refractivity contribution in [1.29, 1.82) is 0 Å². The number of nitrogens with one attached hydrogen (secondary N) is 2. The van der Waals surface area contributed by atoms with Crippen molar-refractivity contribution in [3.05, 3.63) is 42.0 Å². The fourth-order valence-corrected chi connectivity index (χ4v) is 2.15. The van der Waals surface area contributed by atoms with E-state index in [0.29, 0.717) is 18.2 Å². The number of methoxy groups -OCH3 is 1. The zero-order chi connectivity index (χ0) is 16.4. The number of fused-ring (bicyclic) bond motifs is 1. The predicted molar refractivity (Wildman–Crippen MR) is 77.0 cm³/mol. The van der Waals surface area contributed by atoms with Crippen LogP contribution in [-0.2, 0) is 12.7 Å². The fourth-order valence-electron chi connectivity index (χ4n) is 2.15. The molecule has 0 aliphatic rings. The van der Waals surface area contributed by atoms with Crippen molar-refractivity contribution in [2.45, 2.75) is 12.7 Å². The van der Waals surface area contributed by atoms with Gasteiger partial charge in [0.1, 0.15) is 23.5 Å². The number of H-pyrrole nitrogens is 1. The minimum Gasteiger partial charge on any atom is -0.481 e. The van der Waals surface area contributed by atoms with Crippen molar-refractivity contribution in [1.82, 2.24) is 19.9 Å². The summed E-state index contributed by atoms with van der Waals surface area (Å²) in [6.07, 6.45) is -1.68. The number of halogens is 3. The number of aromatic nitrogens is 4. The van der Waals surface area contributed by atoms with Crippen LogP contribution in [-0.4, -0.2) is 27.0 Å². The average Bonchev–Trinajstić information content (AvgIpc) is 2.98. The molecule has 9 heteroatoms. The van der Waals surface area contributed by atoms with Gasteiger partial charge in [0.15, 0.2) is 0 Å². The number of hydrogen-bond acceptors (Lipinski definition) is 5. The summed E-state index contributed by atoms with van der Waals surface area (Å²) >= 11 is 0. The summed E-state index contributed by atoms with van der Waals surface area (Å²) in [4.78, 5) is 14.1. The van der Waals surface area contributed by atoms with E-state index in [1.165, 1.54) is 13.4 Å². The van der Waals surface area contributed by atoms with Crippen molar-refractivity contribution < 1.29 is 17.9 Å². The maximum atomic E-state index is 12.8. The second kappa shape index (κ2) is 5.75. The Labute approximate surface area is 128 Å². The van der Waals surface area contributed by atoms with Gasteiger partial charge in [-0.3, -0.25) is 0 Å². The monoisotopic (exact) mass is 323 g/mol. The van der Waals surface area contributed by atoms with Crippen LogP contribution in [0.5, 0.6) is 5.88 Å². The fraction of sp³-hybridized carbons (Fsp3) is 0.214.